The number of nitrogens with zero attached hydrogens (tertiary/aromatic N) is 2. The van der Waals surface area contributed by atoms with Crippen LogP contribution in [0.3, 0.4) is 0 Å². The summed E-state index contributed by atoms with van der Waals surface area (Å²) in [5.74, 6) is 1.44. The highest BCUT2D eigenvalue weighted by atomic mass is 32.2. The number of amides is 1. The molecule has 0 saturated carbocycles. The van der Waals surface area contributed by atoms with Crippen LogP contribution in [0.4, 0.5) is 10.9 Å². The third-order valence-electron chi connectivity index (χ3n) is 3.21. The molecule has 1 amide bonds. The van der Waals surface area contributed by atoms with E-state index in [9.17, 15) is 4.79 Å². The van der Waals surface area contributed by atoms with Gasteiger partial charge in [-0.25, -0.2) is 4.98 Å². The quantitative estimate of drug-likeness (QED) is 0.646. The van der Waals surface area contributed by atoms with E-state index in [0.717, 1.165) is 24.5 Å². The van der Waals surface area contributed by atoms with Gasteiger partial charge in [-0.05, 0) is 31.8 Å². The van der Waals surface area contributed by atoms with Crippen LogP contribution in [0, 0.1) is 0 Å². The van der Waals surface area contributed by atoms with Crippen molar-refractivity contribution in [1.29, 1.82) is 0 Å². The number of carbonyl (C=O) groups is 1. The normalized spacial score (nSPS) is 10.6. The lowest BCUT2D eigenvalue weighted by Crippen LogP contribution is -2.24. The molecule has 0 bridgehead atoms. The Balaban J connectivity index is 2.33. The second-order valence-electron chi connectivity index (χ2n) is 4.89. The van der Waals surface area contributed by atoms with Crippen LogP contribution in [0.1, 0.15) is 42.3 Å². The van der Waals surface area contributed by atoms with Crippen molar-refractivity contribution in [2.45, 2.75) is 32.6 Å². The van der Waals surface area contributed by atoms with E-state index in [-0.39, 0.29) is 5.91 Å². The average Bonchev–Trinajstić information content (AvgIpc) is 2.87. The smallest absolute Gasteiger partial charge is 0.265 e. The maximum atomic E-state index is 12.1. The number of carbonyl (C=O) groups excluding carboxylic acids is 1. The first-order valence-electron chi connectivity index (χ1n) is 7.34. The van der Waals surface area contributed by atoms with Gasteiger partial charge in [-0.3, -0.25) is 4.79 Å². The molecule has 0 radical (unpaired) electrons. The third kappa shape index (κ3) is 6.13. The highest BCUT2D eigenvalue weighted by Crippen LogP contribution is 2.27. The molecule has 21 heavy (non-hydrogen) atoms. The zero-order valence-corrected chi connectivity index (χ0v) is 14.8. The molecule has 120 valence electrons. The molecule has 0 aliphatic rings. The fourth-order valence-electron chi connectivity index (χ4n) is 1.79. The summed E-state index contributed by atoms with van der Waals surface area (Å²) in [6, 6.07) is 0. The number of unbranched alkanes of at least 4 members (excludes halogenated alkanes) is 3. The van der Waals surface area contributed by atoms with Gasteiger partial charge in [0.25, 0.3) is 5.91 Å². The molecular weight excluding hydrogens is 304 g/mol. The van der Waals surface area contributed by atoms with Crippen LogP contribution in [0.2, 0.25) is 0 Å². The third-order valence-corrected chi connectivity index (χ3v) is 5.09. The van der Waals surface area contributed by atoms with E-state index in [1.807, 2.05) is 30.6 Å². The van der Waals surface area contributed by atoms with Crippen LogP contribution < -0.4 is 16.0 Å². The second-order valence-corrected chi connectivity index (χ2v) is 6.85. The summed E-state index contributed by atoms with van der Waals surface area (Å²) >= 11 is 3.23. The number of thiazole rings is 1. The summed E-state index contributed by atoms with van der Waals surface area (Å²) in [5, 5.41) is 3.72. The second kappa shape index (κ2) is 9.89. The van der Waals surface area contributed by atoms with E-state index in [2.05, 4.69) is 16.6 Å². The lowest BCUT2D eigenvalue weighted by molar-refractivity contribution is 0.0957. The van der Waals surface area contributed by atoms with Crippen LogP contribution in [0.15, 0.2) is 0 Å². The lowest BCUT2D eigenvalue weighted by Gasteiger charge is -2.10. The summed E-state index contributed by atoms with van der Waals surface area (Å²) < 4.78 is 0. The van der Waals surface area contributed by atoms with E-state index in [1.54, 1.807) is 0 Å². The van der Waals surface area contributed by atoms with Crippen LogP contribution >= 0.6 is 23.1 Å². The lowest BCUT2D eigenvalue weighted by atomic mass is 10.2. The molecule has 0 aliphatic carbocycles. The molecule has 0 spiro atoms. The molecule has 1 heterocycles. The summed E-state index contributed by atoms with van der Waals surface area (Å²) in [6.07, 6.45) is 6.78. The Morgan fingerprint density at radius 1 is 1.38 bits per heavy atom. The SMILES string of the molecule is CCN(C)c1nc(N)c(C(=O)NCCCCCCSC)s1. The van der Waals surface area contributed by atoms with Gasteiger partial charge >= 0.3 is 0 Å². The first-order chi connectivity index (χ1) is 10.1. The number of aromatic nitrogens is 1. The van der Waals surface area contributed by atoms with Crippen molar-refractivity contribution >= 4 is 40.0 Å². The molecule has 1 rings (SSSR count). The number of rotatable bonds is 10. The zero-order valence-electron chi connectivity index (χ0n) is 13.1. The predicted octanol–water partition coefficient (Wildman–Crippen LogP) is 2.83. The average molecular weight is 331 g/mol. The van der Waals surface area contributed by atoms with Gasteiger partial charge in [0.2, 0.25) is 0 Å². The molecule has 5 nitrogen and oxygen atoms in total. The monoisotopic (exact) mass is 330 g/mol. The van der Waals surface area contributed by atoms with E-state index >= 15 is 0 Å². The summed E-state index contributed by atoms with van der Waals surface area (Å²) in [5.41, 5.74) is 5.83. The Bertz CT molecular complexity index is 437. The minimum absolute atomic E-state index is 0.107. The Morgan fingerprint density at radius 2 is 2.10 bits per heavy atom. The number of nitrogens with one attached hydrogen (secondary N) is 1. The number of nitrogen functional groups attached to an aromatic ring is 1. The number of anilines is 2. The van der Waals surface area contributed by atoms with Crippen molar-refractivity contribution in [2.24, 2.45) is 0 Å². The topological polar surface area (TPSA) is 71.2 Å². The van der Waals surface area contributed by atoms with Gasteiger partial charge < -0.3 is 16.0 Å². The number of nitrogens with two attached hydrogens (primary N) is 1. The number of hydrogen-bond acceptors (Lipinski definition) is 6. The highest BCUT2D eigenvalue weighted by Gasteiger charge is 2.17. The molecule has 0 aliphatic heterocycles. The summed E-state index contributed by atoms with van der Waals surface area (Å²) in [7, 11) is 1.94. The molecule has 0 unspecified atom stereocenters. The Hall–Kier alpha value is -0.950. The van der Waals surface area contributed by atoms with Crippen LogP contribution in [0.25, 0.3) is 0 Å². The van der Waals surface area contributed by atoms with E-state index in [4.69, 9.17) is 5.73 Å². The van der Waals surface area contributed by atoms with Gasteiger partial charge in [0, 0.05) is 20.1 Å². The fraction of sp³-hybridized carbons (Fsp3) is 0.714. The number of thioether (sulfide) groups is 1. The van der Waals surface area contributed by atoms with Crippen molar-refractivity contribution in [2.75, 3.05) is 42.8 Å². The van der Waals surface area contributed by atoms with Gasteiger partial charge in [0.15, 0.2) is 5.13 Å². The first-order valence-corrected chi connectivity index (χ1v) is 9.55. The molecule has 3 N–H and O–H groups in total. The van der Waals surface area contributed by atoms with Gasteiger partial charge in [-0.2, -0.15) is 11.8 Å². The Kier molecular flexibility index (Phi) is 8.52. The molecule has 0 fully saturated rings. The van der Waals surface area contributed by atoms with Crippen LogP contribution in [-0.2, 0) is 0 Å². The Morgan fingerprint density at radius 3 is 2.76 bits per heavy atom. The molecular formula is C14H26N4OS2. The van der Waals surface area contributed by atoms with Gasteiger partial charge in [-0.1, -0.05) is 24.2 Å². The Labute approximate surface area is 135 Å². The predicted molar refractivity (Wildman–Crippen MR) is 94.7 cm³/mol. The minimum Gasteiger partial charge on any atom is -0.382 e. The van der Waals surface area contributed by atoms with E-state index < -0.39 is 0 Å². The first kappa shape index (κ1) is 18.1. The standard InChI is InChI=1S/C14H26N4OS2/c1-4-18(2)14-17-12(15)11(21-14)13(19)16-9-7-5-6-8-10-20-3/h4-10,15H2,1-3H3,(H,16,19). The summed E-state index contributed by atoms with van der Waals surface area (Å²) in [4.78, 5) is 18.8. The fourth-order valence-corrected chi connectivity index (χ4v) is 3.21. The van der Waals surface area contributed by atoms with E-state index in [1.165, 1.54) is 29.9 Å². The largest absolute Gasteiger partial charge is 0.382 e. The molecule has 7 heteroatoms. The van der Waals surface area contributed by atoms with Crippen LogP contribution in [-0.4, -0.2) is 43.0 Å². The van der Waals surface area contributed by atoms with Crippen molar-refractivity contribution in [1.82, 2.24) is 10.3 Å². The molecule has 0 saturated heterocycles. The van der Waals surface area contributed by atoms with Crippen LogP contribution in [0.5, 0.6) is 0 Å². The van der Waals surface area contributed by atoms with Crippen molar-refractivity contribution in [3.63, 3.8) is 0 Å². The van der Waals surface area contributed by atoms with Gasteiger partial charge in [0.05, 0.1) is 0 Å². The molecule has 1 aromatic rings. The maximum absolute atomic E-state index is 12.1. The van der Waals surface area contributed by atoms with E-state index in [0.29, 0.717) is 17.2 Å². The maximum Gasteiger partial charge on any atom is 0.265 e. The highest BCUT2D eigenvalue weighted by molar-refractivity contribution is 7.98. The van der Waals surface area contributed by atoms with Crippen molar-refractivity contribution in [3.05, 3.63) is 4.88 Å². The zero-order chi connectivity index (χ0) is 15.7. The van der Waals surface area contributed by atoms with Gasteiger partial charge in [0.1, 0.15) is 10.7 Å². The molecule has 1 aromatic heterocycles. The molecule has 0 aromatic carbocycles. The molecule has 0 atom stereocenters. The van der Waals surface area contributed by atoms with Crippen molar-refractivity contribution < 1.29 is 4.79 Å². The van der Waals surface area contributed by atoms with Gasteiger partial charge in [-0.15, -0.1) is 0 Å². The summed E-state index contributed by atoms with van der Waals surface area (Å²) in [6.45, 7) is 3.58. The number of hydrogen-bond donors (Lipinski definition) is 2. The minimum atomic E-state index is -0.107. The van der Waals surface area contributed by atoms with Crippen molar-refractivity contribution in [3.8, 4) is 0 Å².